The van der Waals surface area contributed by atoms with E-state index < -0.39 is 10.0 Å². The van der Waals surface area contributed by atoms with Gasteiger partial charge in [0, 0.05) is 19.2 Å². The standard InChI is InChI=1S/C12H16N4O3S/c1-16-6-10(20(13,18)19)11(15-16)14-12(17)9-5-7-2-3-8(9)4-7/h2-3,6-9H,4-5H2,1H3,(H2,13,18,19)(H,14,15,17). The van der Waals surface area contributed by atoms with Gasteiger partial charge in [-0.05, 0) is 24.7 Å². The second-order valence-electron chi connectivity index (χ2n) is 5.44. The number of nitrogens with zero attached hydrogens (tertiary/aromatic N) is 2. The molecule has 1 amide bonds. The zero-order valence-corrected chi connectivity index (χ0v) is 11.8. The van der Waals surface area contributed by atoms with Gasteiger partial charge in [-0.1, -0.05) is 12.2 Å². The number of amides is 1. The molecule has 1 aromatic rings. The molecule has 3 atom stereocenters. The molecule has 2 bridgehead atoms. The number of nitrogens with one attached hydrogen (secondary N) is 1. The minimum atomic E-state index is -3.90. The van der Waals surface area contributed by atoms with E-state index in [0.29, 0.717) is 5.92 Å². The lowest BCUT2D eigenvalue weighted by molar-refractivity contribution is -0.120. The van der Waals surface area contributed by atoms with E-state index in [9.17, 15) is 13.2 Å². The molecule has 1 fully saturated rings. The van der Waals surface area contributed by atoms with Crippen molar-refractivity contribution in [3.8, 4) is 0 Å². The summed E-state index contributed by atoms with van der Waals surface area (Å²) in [5, 5.41) is 11.7. The molecule has 20 heavy (non-hydrogen) atoms. The van der Waals surface area contributed by atoms with Crippen LogP contribution in [-0.2, 0) is 21.9 Å². The Morgan fingerprint density at radius 3 is 2.75 bits per heavy atom. The number of hydrogen-bond acceptors (Lipinski definition) is 4. The highest BCUT2D eigenvalue weighted by Crippen LogP contribution is 2.43. The summed E-state index contributed by atoms with van der Waals surface area (Å²) in [6.07, 6.45) is 7.31. The SMILES string of the molecule is Cn1cc(S(N)(=O)=O)c(NC(=O)C2CC3C=CC2C3)n1. The largest absolute Gasteiger partial charge is 0.308 e. The van der Waals surface area contributed by atoms with Crippen molar-refractivity contribution in [2.75, 3.05) is 5.32 Å². The van der Waals surface area contributed by atoms with Crippen LogP contribution in [0.4, 0.5) is 5.82 Å². The lowest BCUT2D eigenvalue weighted by Crippen LogP contribution is -2.27. The molecule has 7 nitrogen and oxygen atoms in total. The maximum absolute atomic E-state index is 12.3. The molecule has 8 heteroatoms. The highest BCUT2D eigenvalue weighted by atomic mass is 32.2. The number of allylic oxidation sites excluding steroid dienone is 2. The normalized spacial score (nSPS) is 28.0. The zero-order valence-electron chi connectivity index (χ0n) is 11.0. The predicted octanol–water partition coefficient (Wildman–Crippen LogP) is 0.218. The van der Waals surface area contributed by atoms with Crippen LogP contribution in [-0.4, -0.2) is 24.1 Å². The van der Waals surface area contributed by atoms with Gasteiger partial charge in [0.15, 0.2) is 5.82 Å². The molecular weight excluding hydrogens is 280 g/mol. The Morgan fingerprint density at radius 2 is 2.20 bits per heavy atom. The number of carbonyl (C=O) groups excluding carboxylic acids is 1. The van der Waals surface area contributed by atoms with Gasteiger partial charge in [-0.15, -0.1) is 0 Å². The topological polar surface area (TPSA) is 107 Å². The van der Waals surface area contributed by atoms with Gasteiger partial charge in [-0.25, -0.2) is 13.6 Å². The van der Waals surface area contributed by atoms with Crippen LogP contribution in [0.15, 0.2) is 23.2 Å². The van der Waals surface area contributed by atoms with Crippen LogP contribution in [0.1, 0.15) is 12.8 Å². The van der Waals surface area contributed by atoms with Crippen LogP contribution >= 0.6 is 0 Å². The highest BCUT2D eigenvalue weighted by molar-refractivity contribution is 7.89. The Morgan fingerprint density at radius 1 is 1.45 bits per heavy atom. The quantitative estimate of drug-likeness (QED) is 0.778. The number of nitrogens with two attached hydrogens (primary N) is 1. The first-order chi connectivity index (χ1) is 9.34. The van der Waals surface area contributed by atoms with Gasteiger partial charge in [0.05, 0.1) is 0 Å². The number of fused-ring (bicyclic) bond motifs is 2. The third kappa shape index (κ3) is 2.25. The Bertz CT molecular complexity index is 692. The zero-order chi connectivity index (χ0) is 14.5. The number of hydrogen-bond donors (Lipinski definition) is 2. The van der Waals surface area contributed by atoms with Crippen molar-refractivity contribution < 1.29 is 13.2 Å². The number of aryl methyl sites for hydroxylation is 1. The molecule has 108 valence electrons. The van der Waals surface area contributed by atoms with E-state index in [-0.39, 0.29) is 28.5 Å². The average Bonchev–Trinajstić information content (AvgIpc) is 3.02. The smallest absolute Gasteiger partial charge is 0.243 e. The number of sulfonamides is 1. The summed E-state index contributed by atoms with van der Waals surface area (Å²) in [7, 11) is -2.33. The van der Waals surface area contributed by atoms with Crippen molar-refractivity contribution >= 4 is 21.7 Å². The second kappa shape index (κ2) is 4.42. The molecule has 2 aliphatic carbocycles. The van der Waals surface area contributed by atoms with E-state index in [1.807, 2.05) is 0 Å². The van der Waals surface area contributed by atoms with Crippen molar-refractivity contribution in [2.24, 2.45) is 29.9 Å². The van der Waals surface area contributed by atoms with E-state index in [0.717, 1.165) is 12.8 Å². The van der Waals surface area contributed by atoms with Crippen LogP contribution in [0.2, 0.25) is 0 Å². The van der Waals surface area contributed by atoms with Gasteiger partial charge in [-0.3, -0.25) is 9.48 Å². The van der Waals surface area contributed by atoms with Crippen molar-refractivity contribution in [3.63, 3.8) is 0 Å². The molecule has 3 rings (SSSR count). The Balaban J connectivity index is 1.82. The molecule has 3 unspecified atom stereocenters. The Kier molecular flexibility index (Phi) is 2.94. The number of carbonyl (C=O) groups is 1. The lowest BCUT2D eigenvalue weighted by Gasteiger charge is -2.16. The molecule has 0 aliphatic heterocycles. The number of primary sulfonamides is 1. The summed E-state index contributed by atoms with van der Waals surface area (Å²) in [6, 6.07) is 0. The maximum Gasteiger partial charge on any atom is 0.243 e. The Labute approximate surface area is 116 Å². The van der Waals surface area contributed by atoms with Gasteiger partial charge in [0.2, 0.25) is 15.9 Å². The first-order valence-corrected chi connectivity index (χ1v) is 7.95. The fraction of sp³-hybridized carbons (Fsp3) is 0.500. The van der Waals surface area contributed by atoms with Gasteiger partial charge in [0.1, 0.15) is 4.90 Å². The predicted molar refractivity (Wildman–Crippen MR) is 72.1 cm³/mol. The summed E-state index contributed by atoms with van der Waals surface area (Å²) in [6.45, 7) is 0. The minimum Gasteiger partial charge on any atom is -0.308 e. The maximum atomic E-state index is 12.3. The average molecular weight is 296 g/mol. The van der Waals surface area contributed by atoms with E-state index >= 15 is 0 Å². The van der Waals surface area contributed by atoms with Crippen molar-refractivity contribution in [3.05, 3.63) is 18.3 Å². The summed E-state index contributed by atoms with van der Waals surface area (Å²) in [5.41, 5.74) is 0. The van der Waals surface area contributed by atoms with Crippen LogP contribution in [0.25, 0.3) is 0 Å². The first-order valence-electron chi connectivity index (χ1n) is 6.40. The van der Waals surface area contributed by atoms with E-state index in [1.165, 1.54) is 10.9 Å². The summed E-state index contributed by atoms with van der Waals surface area (Å²) >= 11 is 0. The molecule has 2 aliphatic rings. The van der Waals surface area contributed by atoms with E-state index in [1.54, 1.807) is 7.05 Å². The molecular formula is C12H16N4O3S. The highest BCUT2D eigenvalue weighted by Gasteiger charge is 2.40. The van der Waals surface area contributed by atoms with Crippen LogP contribution < -0.4 is 10.5 Å². The molecule has 0 radical (unpaired) electrons. The van der Waals surface area contributed by atoms with Gasteiger partial charge in [-0.2, -0.15) is 5.10 Å². The number of rotatable bonds is 3. The molecule has 0 saturated heterocycles. The van der Waals surface area contributed by atoms with Crippen molar-refractivity contribution in [1.82, 2.24) is 9.78 Å². The van der Waals surface area contributed by atoms with E-state index in [4.69, 9.17) is 5.14 Å². The monoisotopic (exact) mass is 296 g/mol. The van der Waals surface area contributed by atoms with Crippen molar-refractivity contribution in [1.29, 1.82) is 0 Å². The third-order valence-corrected chi connectivity index (χ3v) is 4.87. The van der Waals surface area contributed by atoms with Gasteiger partial charge >= 0.3 is 0 Å². The fourth-order valence-electron chi connectivity index (χ4n) is 3.05. The summed E-state index contributed by atoms with van der Waals surface area (Å²) in [4.78, 5) is 12.1. The van der Waals surface area contributed by atoms with Crippen LogP contribution in [0.3, 0.4) is 0 Å². The van der Waals surface area contributed by atoms with Gasteiger partial charge in [0.25, 0.3) is 0 Å². The minimum absolute atomic E-state index is 0.00625. The van der Waals surface area contributed by atoms with E-state index in [2.05, 4.69) is 22.6 Å². The molecule has 0 aromatic carbocycles. The van der Waals surface area contributed by atoms with Crippen molar-refractivity contribution in [2.45, 2.75) is 17.7 Å². The molecule has 0 spiro atoms. The molecule has 1 saturated carbocycles. The lowest BCUT2D eigenvalue weighted by atomic mass is 9.93. The summed E-state index contributed by atoms with van der Waals surface area (Å²) < 4.78 is 24.2. The second-order valence-corrected chi connectivity index (χ2v) is 6.97. The summed E-state index contributed by atoms with van der Waals surface area (Å²) in [5.74, 6) is 0.427. The first kappa shape index (κ1) is 13.3. The van der Waals surface area contributed by atoms with Crippen LogP contribution in [0, 0.1) is 17.8 Å². The Hall–Kier alpha value is -1.67. The van der Waals surface area contributed by atoms with Crippen LogP contribution in [0.5, 0.6) is 0 Å². The number of aromatic nitrogens is 2. The molecule has 1 aromatic heterocycles. The molecule has 3 N–H and O–H groups in total. The van der Waals surface area contributed by atoms with Gasteiger partial charge < -0.3 is 5.32 Å². The molecule has 1 heterocycles. The number of anilines is 1. The fourth-order valence-corrected chi connectivity index (χ4v) is 3.71. The third-order valence-electron chi connectivity index (χ3n) is 3.96.